The second-order valence-electron chi connectivity index (χ2n) is 5.79. The molecule has 0 radical (unpaired) electrons. The third kappa shape index (κ3) is 3.85. The molecular formula is C19H21NO4S. The fourth-order valence-corrected chi connectivity index (χ4v) is 3.40. The number of nitrogens with one attached hydrogen (secondary N) is 1. The van der Waals surface area contributed by atoms with E-state index in [4.69, 9.17) is 4.74 Å². The highest BCUT2D eigenvalue weighted by Gasteiger charge is 2.26. The van der Waals surface area contributed by atoms with Gasteiger partial charge >= 0.3 is 5.97 Å². The molecule has 0 aliphatic rings. The molecule has 1 heterocycles. The molecule has 6 heteroatoms. The zero-order valence-electron chi connectivity index (χ0n) is 14.9. The third-order valence-electron chi connectivity index (χ3n) is 4.02. The molecule has 1 atom stereocenters. The van der Waals surface area contributed by atoms with E-state index < -0.39 is 12.1 Å². The van der Waals surface area contributed by atoms with Crippen LogP contribution in [0.3, 0.4) is 0 Å². The Morgan fingerprint density at radius 3 is 2.36 bits per heavy atom. The second kappa shape index (κ2) is 7.70. The number of aromatic nitrogens is 1. The van der Waals surface area contributed by atoms with E-state index in [0.29, 0.717) is 28.1 Å². The van der Waals surface area contributed by atoms with Gasteiger partial charge < -0.3 is 9.72 Å². The highest BCUT2D eigenvalue weighted by atomic mass is 32.2. The molecule has 5 nitrogen and oxygen atoms in total. The van der Waals surface area contributed by atoms with E-state index in [2.05, 4.69) is 4.98 Å². The Morgan fingerprint density at radius 1 is 1.16 bits per heavy atom. The number of hydrogen-bond donors (Lipinski definition) is 1. The first kappa shape index (κ1) is 19.0. The lowest BCUT2D eigenvalue weighted by Gasteiger charge is -2.13. The van der Waals surface area contributed by atoms with Crippen LogP contribution in [0.25, 0.3) is 0 Å². The van der Waals surface area contributed by atoms with Crippen LogP contribution in [0.2, 0.25) is 0 Å². The van der Waals surface area contributed by atoms with E-state index >= 15 is 0 Å². The number of carbonyl (C=O) groups is 3. The molecule has 0 aliphatic carbocycles. The van der Waals surface area contributed by atoms with Gasteiger partial charge in [0.1, 0.15) is 0 Å². The number of ether oxygens (including phenoxy) is 1. The van der Waals surface area contributed by atoms with Crippen molar-refractivity contribution in [3.05, 3.63) is 52.3 Å². The summed E-state index contributed by atoms with van der Waals surface area (Å²) in [5.74, 6) is -1.01. The van der Waals surface area contributed by atoms with Gasteiger partial charge in [0.05, 0.1) is 11.3 Å². The fraction of sp³-hybridized carbons (Fsp3) is 0.316. The summed E-state index contributed by atoms with van der Waals surface area (Å²) in [5, 5.41) is 0. The molecule has 1 N–H and O–H groups in total. The van der Waals surface area contributed by atoms with Crippen molar-refractivity contribution in [1.29, 1.82) is 0 Å². The molecular weight excluding hydrogens is 338 g/mol. The van der Waals surface area contributed by atoms with Crippen molar-refractivity contribution >= 4 is 29.3 Å². The number of thioether (sulfide) groups is 1. The smallest absolute Gasteiger partial charge is 0.339 e. The Kier molecular flexibility index (Phi) is 5.85. The lowest BCUT2D eigenvalue weighted by Crippen LogP contribution is -2.25. The maximum atomic E-state index is 12.6. The van der Waals surface area contributed by atoms with Crippen molar-refractivity contribution in [2.75, 3.05) is 6.26 Å². The Labute approximate surface area is 151 Å². The maximum Gasteiger partial charge on any atom is 0.339 e. The number of H-pyrrole nitrogens is 1. The fourth-order valence-electron chi connectivity index (χ4n) is 2.82. The summed E-state index contributed by atoms with van der Waals surface area (Å²) >= 11 is 1.44. The molecule has 0 saturated carbocycles. The molecule has 0 amide bonds. The predicted molar refractivity (Wildman–Crippen MR) is 97.7 cm³/mol. The number of Topliss-reactive ketones (excluding diaryl/α,β-unsaturated/α-hetero) is 2. The molecule has 0 aliphatic heterocycles. The molecule has 0 bridgehead atoms. The molecule has 0 fully saturated rings. The van der Waals surface area contributed by atoms with Gasteiger partial charge in [0.2, 0.25) is 5.78 Å². The Balaban J connectivity index is 2.22. The van der Waals surface area contributed by atoms with E-state index in [1.165, 1.54) is 25.6 Å². The number of aryl methyl sites for hydroxylation is 1. The number of ketones is 2. The molecule has 0 saturated heterocycles. The van der Waals surface area contributed by atoms with Crippen molar-refractivity contribution in [2.24, 2.45) is 0 Å². The zero-order chi connectivity index (χ0) is 18.7. The summed E-state index contributed by atoms with van der Waals surface area (Å²) in [6.07, 6.45) is 0.911. The number of rotatable bonds is 6. The van der Waals surface area contributed by atoms with Gasteiger partial charge in [0.15, 0.2) is 11.9 Å². The van der Waals surface area contributed by atoms with E-state index in [9.17, 15) is 14.4 Å². The van der Waals surface area contributed by atoms with Crippen molar-refractivity contribution in [2.45, 2.75) is 38.7 Å². The molecule has 25 heavy (non-hydrogen) atoms. The van der Waals surface area contributed by atoms with Crippen LogP contribution in [0, 0.1) is 13.8 Å². The van der Waals surface area contributed by atoms with Crippen LogP contribution in [0.5, 0.6) is 0 Å². The predicted octanol–water partition coefficient (Wildman–Crippen LogP) is 3.98. The lowest BCUT2D eigenvalue weighted by atomic mass is 10.0. The second-order valence-corrected chi connectivity index (χ2v) is 6.64. The Hall–Kier alpha value is -2.34. The van der Waals surface area contributed by atoms with Gasteiger partial charge in [-0.05, 0) is 51.6 Å². The Morgan fingerprint density at radius 2 is 1.80 bits per heavy atom. The first-order valence-electron chi connectivity index (χ1n) is 7.86. The molecule has 2 rings (SSSR count). The number of esters is 1. The standard InChI is InChI=1S/C19H21NO4S/c1-10-16(12(3)21)11(2)20-17(10)18(22)13(4)24-19(23)14-8-6-7-9-15(14)25-5/h6-9,13,20H,1-5H3/t13-/m1/s1. The molecule has 1 aromatic heterocycles. The van der Waals surface area contributed by atoms with Gasteiger partial charge in [0.25, 0.3) is 0 Å². The number of aromatic amines is 1. The number of carbonyl (C=O) groups excluding carboxylic acids is 3. The van der Waals surface area contributed by atoms with E-state index in [0.717, 1.165) is 4.90 Å². The summed E-state index contributed by atoms with van der Waals surface area (Å²) in [6, 6.07) is 7.08. The van der Waals surface area contributed by atoms with Gasteiger partial charge in [-0.25, -0.2) is 4.79 Å². The van der Waals surface area contributed by atoms with Gasteiger partial charge in [0, 0.05) is 16.2 Å². The molecule has 0 unspecified atom stereocenters. The maximum absolute atomic E-state index is 12.6. The third-order valence-corrected chi connectivity index (χ3v) is 4.81. The van der Waals surface area contributed by atoms with Crippen molar-refractivity contribution in [1.82, 2.24) is 4.98 Å². The number of hydrogen-bond acceptors (Lipinski definition) is 5. The van der Waals surface area contributed by atoms with Gasteiger partial charge in [-0.1, -0.05) is 12.1 Å². The normalized spacial score (nSPS) is 11.9. The summed E-state index contributed by atoms with van der Waals surface area (Å²) < 4.78 is 5.35. The van der Waals surface area contributed by atoms with E-state index in [1.807, 2.05) is 18.4 Å². The van der Waals surface area contributed by atoms with Crippen LogP contribution in [0.4, 0.5) is 0 Å². The van der Waals surface area contributed by atoms with Crippen molar-refractivity contribution in [3.8, 4) is 0 Å². The average Bonchev–Trinajstić information content (AvgIpc) is 2.88. The minimum Gasteiger partial charge on any atom is -0.451 e. The summed E-state index contributed by atoms with van der Waals surface area (Å²) in [7, 11) is 0. The minimum absolute atomic E-state index is 0.108. The monoisotopic (exact) mass is 359 g/mol. The molecule has 0 spiro atoms. The van der Waals surface area contributed by atoms with Crippen LogP contribution < -0.4 is 0 Å². The number of benzene rings is 1. The highest BCUT2D eigenvalue weighted by molar-refractivity contribution is 7.98. The molecule has 2 aromatic rings. The van der Waals surface area contributed by atoms with Crippen LogP contribution in [0.15, 0.2) is 29.2 Å². The summed E-state index contributed by atoms with van der Waals surface area (Å²) in [5.41, 5.74) is 2.47. The zero-order valence-corrected chi connectivity index (χ0v) is 15.7. The van der Waals surface area contributed by atoms with Gasteiger partial charge in [-0.3, -0.25) is 9.59 Å². The van der Waals surface area contributed by atoms with Crippen LogP contribution in [-0.2, 0) is 4.74 Å². The topological polar surface area (TPSA) is 76.2 Å². The quantitative estimate of drug-likeness (QED) is 0.479. The van der Waals surface area contributed by atoms with E-state index in [1.54, 1.807) is 26.0 Å². The summed E-state index contributed by atoms with van der Waals surface area (Å²) in [4.78, 5) is 40.5. The van der Waals surface area contributed by atoms with Crippen molar-refractivity contribution in [3.63, 3.8) is 0 Å². The van der Waals surface area contributed by atoms with Crippen LogP contribution >= 0.6 is 11.8 Å². The summed E-state index contributed by atoms with van der Waals surface area (Å²) in [6.45, 7) is 6.45. The first-order valence-corrected chi connectivity index (χ1v) is 9.08. The largest absolute Gasteiger partial charge is 0.451 e. The van der Waals surface area contributed by atoms with Gasteiger partial charge in [-0.2, -0.15) is 0 Å². The minimum atomic E-state index is -0.959. The average molecular weight is 359 g/mol. The first-order chi connectivity index (χ1) is 11.8. The van der Waals surface area contributed by atoms with Crippen LogP contribution in [-0.4, -0.2) is 34.9 Å². The highest BCUT2D eigenvalue weighted by Crippen LogP contribution is 2.23. The van der Waals surface area contributed by atoms with Crippen molar-refractivity contribution < 1.29 is 19.1 Å². The van der Waals surface area contributed by atoms with Gasteiger partial charge in [-0.15, -0.1) is 11.8 Å². The van der Waals surface area contributed by atoms with E-state index in [-0.39, 0.29) is 11.6 Å². The Bertz CT molecular complexity index is 838. The molecule has 132 valence electrons. The lowest BCUT2D eigenvalue weighted by molar-refractivity contribution is 0.0313. The van der Waals surface area contributed by atoms with Crippen LogP contribution in [0.1, 0.15) is 56.3 Å². The SMILES string of the molecule is CSc1ccccc1C(=O)O[C@H](C)C(=O)c1[nH]c(C)c(C(C)=O)c1C. The molecule has 1 aromatic carbocycles.